The number of benzene rings is 1. The predicted molar refractivity (Wildman–Crippen MR) is 106 cm³/mol. The normalized spacial score (nSPS) is 11.2. The summed E-state index contributed by atoms with van der Waals surface area (Å²) in [7, 11) is 0. The van der Waals surface area contributed by atoms with Gasteiger partial charge in [0.15, 0.2) is 0 Å². The van der Waals surface area contributed by atoms with Gasteiger partial charge in [-0.25, -0.2) is 14.4 Å². The van der Waals surface area contributed by atoms with E-state index >= 15 is 0 Å². The van der Waals surface area contributed by atoms with Gasteiger partial charge in [0.1, 0.15) is 17.5 Å². The Bertz CT molecular complexity index is 1120. The van der Waals surface area contributed by atoms with E-state index in [4.69, 9.17) is 17.3 Å². The lowest BCUT2D eigenvalue weighted by molar-refractivity contribution is 0.627. The highest BCUT2D eigenvalue weighted by Crippen LogP contribution is 2.31. The largest absolute Gasteiger partial charge is 0.384 e. The Labute approximate surface area is 160 Å². The molecule has 0 aliphatic rings. The highest BCUT2D eigenvalue weighted by molar-refractivity contribution is 6.33. The molecule has 5 nitrogen and oxygen atoms in total. The Balaban J connectivity index is 1.83. The maximum atomic E-state index is 13.7. The number of nitrogens with zero attached hydrogens (tertiary/aromatic N) is 4. The van der Waals surface area contributed by atoms with E-state index < -0.39 is 0 Å². The molecule has 0 atom stereocenters. The van der Waals surface area contributed by atoms with Gasteiger partial charge in [0.25, 0.3) is 0 Å². The van der Waals surface area contributed by atoms with Crippen molar-refractivity contribution in [3.05, 3.63) is 59.6 Å². The molecule has 0 unspecified atom stereocenters. The molecule has 0 amide bonds. The molecule has 27 heavy (non-hydrogen) atoms. The fourth-order valence-electron chi connectivity index (χ4n) is 3.08. The number of pyridine rings is 2. The van der Waals surface area contributed by atoms with Crippen LogP contribution in [0.15, 0.2) is 48.8 Å². The molecule has 0 spiro atoms. The maximum Gasteiger partial charge on any atom is 0.142 e. The number of hydrogen-bond acceptors (Lipinski definition) is 4. The van der Waals surface area contributed by atoms with Gasteiger partial charge in [-0.1, -0.05) is 18.5 Å². The summed E-state index contributed by atoms with van der Waals surface area (Å²) in [4.78, 5) is 13.2. The summed E-state index contributed by atoms with van der Waals surface area (Å²) in [6, 6.07) is 9.96. The van der Waals surface area contributed by atoms with Crippen LogP contribution in [0.4, 0.5) is 10.2 Å². The summed E-state index contributed by atoms with van der Waals surface area (Å²) in [6.45, 7) is 2.79. The molecule has 0 fully saturated rings. The highest BCUT2D eigenvalue weighted by atomic mass is 35.5. The van der Waals surface area contributed by atoms with E-state index in [1.165, 1.54) is 12.1 Å². The number of halogens is 2. The first-order valence-corrected chi connectivity index (χ1v) is 8.98. The van der Waals surface area contributed by atoms with Crippen molar-refractivity contribution in [3.63, 3.8) is 0 Å². The zero-order valence-electron chi connectivity index (χ0n) is 14.7. The molecule has 3 heterocycles. The van der Waals surface area contributed by atoms with Crippen molar-refractivity contribution in [1.29, 1.82) is 0 Å². The zero-order valence-corrected chi connectivity index (χ0v) is 15.4. The number of nitrogen functional groups attached to an aromatic ring is 1. The molecule has 0 bridgehead atoms. The van der Waals surface area contributed by atoms with E-state index in [0.717, 1.165) is 35.1 Å². The van der Waals surface area contributed by atoms with Gasteiger partial charge in [-0.3, -0.25) is 4.98 Å². The quantitative estimate of drug-likeness (QED) is 0.543. The van der Waals surface area contributed by atoms with Crippen LogP contribution in [0.3, 0.4) is 0 Å². The van der Waals surface area contributed by atoms with Crippen LogP contribution in [0, 0.1) is 5.82 Å². The SMILES string of the molecule is CCCn1c(-c2cnc(-c3ccc(N)nc3)c(Cl)c2)nc2ccc(F)cc21. The van der Waals surface area contributed by atoms with Crippen LogP contribution in [0.25, 0.3) is 33.7 Å². The molecule has 4 aromatic rings. The third kappa shape index (κ3) is 3.24. The van der Waals surface area contributed by atoms with Gasteiger partial charge in [-0.05, 0) is 42.8 Å². The van der Waals surface area contributed by atoms with Gasteiger partial charge < -0.3 is 10.3 Å². The molecule has 7 heteroatoms. The van der Waals surface area contributed by atoms with Crippen molar-refractivity contribution in [1.82, 2.24) is 19.5 Å². The number of hydrogen-bond donors (Lipinski definition) is 1. The first-order valence-electron chi connectivity index (χ1n) is 8.60. The third-order valence-electron chi connectivity index (χ3n) is 4.32. The second-order valence-electron chi connectivity index (χ2n) is 6.25. The molecule has 3 aromatic heterocycles. The molecule has 0 radical (unpaired) electrons. The highest BCUT2D eigenvalue weighted by Gasteiger charge is 2.15. The zero-order chi connectivity index (χ0) is 19.0. The molecular weight excluding hydrogens is 365 g/mol. The minimum absolute atomic E-state index is 0.284. The molecular formula is C20H17ClFN5. The van der Waals surface area contributed by atoms with Crippen LogP contribution in [0.1, 0.15) is 13.3 Å². The second kappa shape index (κ2) is 6.96. The molecule has 136 valence electrons. The summed E-state index contributed by atoms with van der Waals surface area (Å²) >= 11 is 6.49. The molecule has 0 aliphatic heterocycles. The molecule has 2 N–H and O–H groups in total. The summed E-state index contributed by atoms with van der Waals surface area (Å²) in [5.74, 6) is 0.870. The van der Waals surface area contributed by atoms with E-state index in [1.807, 2.05) is 16.7 Å². The molecule has 0 saturated carbocycles. The van der Waals surface area contributed by atoms with Gasteiger partial charge >= 0.3 is 0 Å². The smallest absolute Gasteiger partial charge is 0.142 e. The maximum absolute atomic E-state index is 13.7. The van der Waals surface area contributed by atoms with Crippen molar-refractivity contribution in [2.75, 3.05) is 5.73 Å². The topological polar surface area (TPSA) is 69.6 Å². The second-order valence-corrected chi connectivity index (χ2v) is 6.65. The number of aromatic nitrogens is 4. The Morgan fingerprint density at radius 1 is 1.07 bits per heavy atom. The molecule has 0 aliphatic carbocycles. The predicted octanol–water partition coefficient (Wildman–Crippen LogP) is 4.95. The van der Waals surface area contributed by atoms with Gasteiger partial charge in [0.05, 0.1) is 21.7 Å². The van der Waals surface area contributed by atoms with Crippen molar-refractivity contribution in [3.8, 4) is 22.6 Å². The number of imidazole rings is 1. The average Bonchev–Trinajstić information content (AvgIpc) is 3.01. The number of aryl methyl sites for hydroxylation is 1. The van der Waals surface area contributed by atoms with Crippen LogP contribution >= 0.6 is 11.6 Å². The van der Waals surface area contributed by atoms with Crippen LogP contribution in [0.2, 0.25) is 5.02 Å². The van der Waals surface area contributed by atoms with Gasteiger partial charge in [0, 0.05) is 30.1 Å². The summed E-state index contributed by atoms with van der Waals surface area (Å²) in [5.41, 5.74) is 9.31. The molecule has 4 rings (SSSR count). The fourth-order valence-corrected chi connectivity index (χ4v) is 3.36. The van der Waals surface area contributed by atoms with Crippen LogP contribution in [-0.4, -0.2) is 19.5 Å². The molecule has 0 saturated heterocycles. The van der Waals surface area contributed by atoms with Crippen LogP contribution in [0.5, 0.6) is 0 Å². The number of nitrogens with two attached hydrogens (primary N) is 1. The van der Waals surface area contributed by atoms with E-state index in [1.54, 1.807) is 24.5 Å². The van der Waals surface area contributed by atoms with Crippen molar-refractivity contribution < 1.29 is 4.39 Å². The molecule has 1 aromatic carbocycles. The number of fused-ring (bicyclic) bond motifs is 1. The fraction of sp³-hybridized carbons (Fsp3) is 0.150. The Hall–Kier alpha value is -2.99. The van der Waals surface area contributed by atoms with Gasteiger partial charge in [0.2, 0.25) is 0 Å². The summed E-state index contributed by atoms with van der Waals surface area (Å²) < 4.78 is 15.7. The van der Waals surface area contributed by atoms with E-state index in [0.29, 0.717) is 22.4 Å². The Morgan fingerprint density at radius 2 is 1.89 bits per heavy atom. The minimum Gasteiger partial charge on any atom is -0.384 e. The first-order chi connectivity index (χ1) is 13.1. The van der Waals surface area contributed by atoms with E-state index in [-0.39, 0.29) is 5.82 Å². The van der Waals surface area contributed by atoms with Crippen molar-refractivity contribution in [2.45, 2.75) is 19.9 Å². The van der Waals surface area contributed by atoms with Crippen LogP contribution in [-0.2, 0) is 6.54 Å². The minimum atomic E-state index is -0.284. The summed E-state index contributed by atoms with van der Waals surface area (Å²) in [6.07, 6.45) is 4.25. The third-order valence-corrected chi connectivity index (χ3v) is 4.60. The number of anilines is 1. The standard InChI is InChI=1S/C20H17ClFN5/c1-2-7-27-17-9-14(22)4-5-16(17)26-20(27)13-8-15(21)19(25-11-13)12-3-6-18(23)24-10-12/h3-6,8-11H,2,7H2,1H3,(H2,23,24). The average molecular weight is 382 g/mol. The Morgan fingerprint density at radius 3 is 2.59 bits per heavy atom. The lowest BCUT2D eigenvalue weighted by Gasteiger charge is -2.10. The summed E-state index contributed by atoms with van der Waals surface area (Å²) in [5, 5.41) is 0.486. The van der Waals surface area contributed by atoms with E-state index in [2.05, 4.69) is 21.9 Å². The van der Waals surface area contributed by atoms with Crippen LogP contribution < -0.4 is 5.73 Å². The first kappa shape index (κ1) is 17.4. The van der Waals surface area contributed by atoms with Gasteiger partial charge in [-0.2, -0.15) is 0 Å². The van der Waals surface area contributed by atoms with Crippen molar-refractivity contribution in [2.24, 2.45) is 0 Å². The lowest BCUT2D eigenvalue weighted by Crippen LogP contribution is -2.00. The lowest BCUT2D eigenvalue weighted by atomic mass is 10.1. The van der Waals surface area contributed by atoms with Gasteiger partial charge in [-0.15, -0.1) is 0 Å². The Kier molecular flexibility index (Phi) is 4.49. The monoisotopic (exact) mass is 381 g/mol. The number of rotatable bonds is 4. The van der Waals surface area contributed by atoms with E-state index in [9.17, 15) is 4.39 Å². The van der Waals surface area contributed by atoms with Crippen molar-refractivity contribution >= 4 is 28.5 Å².